The molecule has 4 nitrogen and oxygen atoms in total. The van der Waals surface area contributed by atoms with Crippen LogP contribution in [0.15, 0.2) is 12.1 Å². The second-order valence-corrected chi connectivity index (χ2v) is 6.48. The molecule has 2 aromatic rings. The maximum atomic E-state index is 6.36. The average molecular weight is 294 g/mol. The van der Waals surface area contributed by atoms with Gasteiger partial charge in [0.25, 0.3) is 0 Å². The summed E-state index contributed by atoms with van der Waals surface area (Å²) >= 11 is 6.36. The molecular weight excluding hydrogens is 274 g/mol. The zero-order valence-corrected chi connectivity index (χ0v) is 12.9. The maximum Gasteiger partial charge on any atom is 0.160 e. The Hall–Kier alpha value is -1.13. The first-order chi connectivity index (χ1) is 9.51. The number of rotatable bonds is 2. The predicted molar refractivity (Wildman–Crippen MR) is 80.2 cm³/mol. The molecule has 3 rings (SSSR count). The number of hydrogen-bond acceptors (Lipinski definition) is 3. The highest BCUT2D eigenvalue weighted by Crippen LogP contribution is 2.36. The summed E-state index contributed by atoms with van der Waals surface area (Å²) in [5.41, 5.74) is 2.84. The Kier molecular flexibility index (Phi) is 3.46. The van der Waals surface area contributed by atoms with Crippen LogP contribution in [0.25, 0.3) is 11.2 Å². The maximum absolute atomic E-state index is 6.36. The molecule has 1 saturated heterocycles. The minimum absolute atomic E-state index is 0.0216. The smallest absolute Gasteiger partial charge is 0.160 e. The molecule has 0 amide bonds. The first kappa shape index (κ1) is 13.8. The molecule has 0 spiro atoms. The summed E-state index contributed by atoms with van der Waals surface area (Å²) in [7, 11) is 0. The van der Waals surface area contributed by atoms with E-state index >= 15 is 0 Å². The molecule has 1 fully saturated rings. The fourth-order valence-corrected chi connectivity index (χ4v) is 3.05. The Morgan fingerprint density at radius 1 is 1.30 bits per heavy atom. The third-order valence-corrected chi connectivity index (χ3v) is 4.33. The number of halogens is 1. The number of fused-ring (bicyclic) bond motifs is 1. The van der Waals surface area contributed by atoms with Gasteiger partial charge in [-0.05, 0) is 45.7 Å². The molecule has 0 N–H and O–H groups in total. The van der Waals surface area contributed by atoms with Crippen molar-refractivity contribution in [2.45, 2.75) is 44.5 Å². The van der Waals surface area contributed by atoms with E-state index in [9.17, 15) is 0 Å². The van der Waals surface area contributed by atoms with Gasteiger partial charge in [-0.25, -0.2) is 9.97 Å². The fraction of sp³-hybridized carbons (Fsp3) is 0.600. The number of alkyl halides is 1. The molecular formula is C15H20ClN3O. The quantitative estimate of drug-likeness (QED) is 0.795. The van der Waals surface area contributed by atoms with Gasteiger partial charge >= 0.3 is 0 Å². The number of pyridine rings is 1. The molecule has 3 heterocycles. The lowest BCUT2D eigenvalue weighted by Crippen LogP contribution is -2.38. The van der Waals surface area contributed by atoms with E-state index in [1.165, 1.54) is 0 Å². The highest BCUT2D eigenvalue weighted by molar-refractivity contribution is 6.20. The largest absolute Gasteiger partial charge is 0.381 e. The lowest BCUT2D eigenvalue weighted by molar-refractivity contribution is 0.0298. The van der Waals surface area contributed by atoms with E-state index in [1.807, 2.05) is 26.0 Å². The minimum atomic E-state index is -0.135. The van der Waals surface area contributed by atoms with E-state index in [-0.39, 0.29) is 10.9 Å². The monoisotopic (exact) mass is 293 g/mol. The molecule has 2 aromatic heterocycles. The zero-order chi connectivity index (χ0) is 14.3. The van der Waals surface area contributed by atoms with Crippen molar-refractivity contribution in [3.63, 3.8) is 0 Å². The molecule has 108 valence electrons. The molecule has 20 heavy (non-hydrogen) atoms. The second-order valence-electron chi connectivity index (χ2n) is 5.83. The lowest BCUT2D eigenvalue weighted by Gasteiger charge is -2.36. The van der Waals surface area contributed by atoms with Crippen LogP contribution in [-0.4, -0.2) is 27.7 Å². The van der Waals surface area contributed by atoms with Gasteiger partial charge < -0.3 is 9.30 Å². The molecule has 5 heteroatoms. The van der Waals surface area contributed by atoms with Crippen LogP contribution in [0.4, 0.5) is 0 Å². The van der Waals surface area contributed by atoms with Crippen molar-refractivity contribution in [1.29, 1.82) is 0 Å². The van der Waals surface area contributed by atoms with Crippen molar-refractivity contribution >= 4 is 22.8 Å². The Bertz CT molecular complexity index is 629. The molecule has 0 saturated carbocycles. The van der Waals surface area contributed by atoms with Gasteiger partial charge in [-0.15, -0.1) is 11.6 Å². The number of aryl methyl sites for hydroxylation is 1. The number of aromatic nitrogens is 3. The van der Waals surface area contributed by atoms with Crippen molar-refractivity contribution in [1.82, 2.24) is 14.5 Å². The van der Waals surface area contributed by atoms with Crippen molar-refractivity contribution in [2.24, 2.45) is 0 Å². The Morgan fingerprint density at radius 2 is 2.00 bits per heavy atom. The fourth-order valence-electron chi connectivity index (χ4n) is 2.90. The van der Waals surface area contributed by atoms with Gasteiger partial charge in [0.15, 0.2) is 5.65 Å². The third-order valence-electron chi connectivity index (χ3n) is 4.14. The van der Waals surface area contributed by atoms with E-state index in [4.69, 9.17) is 26.3 Å². The van der Waals surface area contributed by atoms with Gasteiger partial charge in [-0.3, -0.25) is 0 Å². The van der Waals surface area contributed by atoms with Gasteiger partial charge in [0.05, 0.1) is 5.38 Å². The van der Waals surface area contributed by atoms with Crippen LogP contribution in [0.2, 0.25) is 0 Å². The average Bonchev–Trinajstić information content (AvgIpc) is 2.79. The van der Waals surface area contributed by atoms with Gasteiger partial charge in [0.1, 0.15) is 11.3 Å². The van der Waals surface area contributed by atoms with Crippen LogP contribution in [0.3, 0.4) is 0 Å². The molecule has 0 aliphatic carbocycles. The highest BCUT2D eigenvalue weighted by atomic mass is 35.5. The van der Waals surface area contributed by atoms with Crippen molar-refractivity contribution < 1.29 is 4.74 Å². The Labute approximate surface area is 124 Å². The van der Waals surface area contributed by atoms with E-state index in [0.29, 0.717) is 0 Å². The van der Waals surface area contributed by atoms with Crippen molar-refractivity contribution in [3.8, 4) is 0 Å². The summed E-state index contributed by atoms with van der Waals surface area (Å²) in [6.45, 7) is 7.78. The van der Waals surface area contributed by atoms with Crippen molar-refractivity contribution in [2.75, 3.05) is 13.2 Å². The number of ether oxygens (including phenoxy) is 1. The van der Waals surface area contributed by atoms with Crippen LogP contribution < -0.4 is 0 Å². The Morgan fingerprint density at radius 3 is 2.65 bits per heavy atom. The van der Waals surface area contributed by atoms with Crippen LogP contribution in [0, 0.1) is 6.92 Å². The molecule has 0 aromatic carbocycles. The van der Waals surface area contributed by atoms with Crippen molar-refractivity contribution in [3.05, 3.63) is 23.7 Å². The Balaban J connectivity index is 2.25. The first-order valence-corrected chi connectivity index (χ1v) is 7.53. The van der Waals surface area contributed by atoms with Crippen LogP contribution >= 0.6 is 11.6 Å². The molecule has 1 atom stereocenters. The molecule has 0 bridgehead atoms. The van der Waals surface area contributed by atoms with Gasteiger partial charge in [-0.1, -0.05) is 0 Å². The van der Waals surface area contributed by atoms with Crippen LogP contribution in [0.5, 0.6) is 0 Å². The molecule has 1 aliphatic heterocycles. The molecule has 0 radical (unpaired) electrons. The number of hydrogen-bond donors (Lipinski definition) is 0. The summed E-state index contributed by atoms with van der Waals surface area (Å²) in [5, 5.41) is -0.135. The standard InChI is InChI=1S/C15H20ClN3O/c1-10-4-5-12-14(17-10)19(13(18-12)11(2)16)15(3)6-8-20-9-7-15/h4-5,11H,6-9H2,1-3H3. The van der Waals surface area contributed by atoms with Gasteiger partial charge in [-0.2, -0.15) is 0 Å². The zero-order valence-electron chi connectivity index (χ0n) is 12.2. The topological polar surface area (TPSA) is 39.9 Å². The summed E-state index contributed by atoms with van der Waals surface area (Å²) in [6.07, 6.45) is 1.93. The van der Waals surface area contributed by atoms with E-state index in [1.54, 1.807) is 0 Å². The number of imidazole rings is 1. The third kappa shape index (κ3) is 2.21. The number of nitrogens with zero attached hydrogens (tertiary/aromatic N) is 3. The highest BCUT2D eigenvalue weighted by Gasteiger charge is 2.34. The van der Waals surface area contributed by atoms with Gasteiger partial charge in [0, 0.05) is 24.4 Å². The summed E-state index contributed by atoms with van der Waals surface area (Å²) < 4.78 is 7.76. The summed E-state index contributed by atoms with van der Waals surface area (Å²) in [6, 6.07) is 4.02. The molecule has 1 aliphatic rings. The molecule has 1 unspecified atom stereocenters. The first-order valence-electron chi connectivity index (χ1n) is 7.09. The summed E-state index contributed by atoms with van der Waals surface area (Å²) in [5.74, 6) is 0.907. The van der Waals surface area contributed by atoms with E-state index < -0.39 is 0 Å². The van der Waals surface area contributed by atoms with E-state index in [2.05, 4.69) is 11.5 Å². The minimum Gasteiger partial charge on any atom is -0.381 e. The van der Waals surface area contributed by atoms with Crippen LogP contribution in [-0.2, 0) is 10.3 Å². The normalized spacial score (nSPS) is 20.2. The van der Waals surface area contributed by atoms with E-state index in [0.717, 1.165) is 48.7 Å². The second kappa shape index (κ2) is 5.01. The summed E-state index contributed by atoms with van der Waals surface area (Å²) in [4.78, 5) is 9.40. The van der Waals surface area contributed by atoms with Crippen LogP contribution in [0.1, 0.15) is 43.6 Å². The van der Waals surface area contributed by atoms with Gasteiger partial charge in [0.2, 0.25) is 0 Å². The predicted octanol–water partition coefficient (Wildman–Crippen LogP) is 3.57. The lowest BCUT2D eigenvalue weighted by atomic mass is 9.91. The SMILES string of the molecule is Cc1ccc2nc(C(C)Cl)n(C3(C)CCOCC3)c2n1.